The van der Waals surface area contributed by atoms with E-state index < -0.39 is 0 Å². The molecular formula is C12H10Cl2N2OS. The van der Waals surface area contributed by atoms with Crippen LogP contribution in [-0.4, -0.2) is 15.9 Å². The number of hydrogen-bond donors (Lipinski definition) is 1. The van der Waals surface area contributed by atoms with Crippen molar-refractivity contribution in [3.63, 3.8) is 0 Å². The Balaban J connectivity index is 2.60. The lowest BCUT2D eigenvalue weighted by Gasteiger charge is -2.03. The lowest BCUT2D eigenvalue weighted by atomic mass is 10.1. The van der Waals surface area contributed by atoms with Gasteiger partial charge in [-0.3, -0.25) is 0 Å². The molecule has 0 saturated heterocycles. The zero-order valence-electron chi connectivity index (χ0n) is 9.74. The van der Waals surface area contributed by atoms with Crippen LogP contribution in [0.1, 0.15) is 16.8 Å². The van der Waals surface area contributed by atoms with E-state index in [1.807, 2.05) is 13.0 Å². The molecule has 1 aromatic heterocycles. The van der Waals surface area contributed by atoms with Crippen molar-refractivity contribution in [3.8, 4) is 11.3 Å². The first kappa shape index (κ1) is 13.3. The molecule has 1 heterocycles. The molecule has 0 fully saturated rings. The van der Waals surface area contributed by atoms with Crippen LogP contribution in [0.4, 0.5) is 0 Å². The van der Waals surface area contributed by atoms with Crippen LogP contribution in [0.3, 0.4) is 0 Å². The minimum atomic E-state index is 0.476. The first-order chi connectivity index (χ1) is 8.52. The summed E-state index contributed by atoms with van der Waals surface area (Å²) in [4.78, 5) is 5.27. The number of oxime groups is 1. The molecule has 0 amide bonds. The summed E-state index contributed by atoms with van der Waals surface area (Å²) in [7, 11) is 0. The molecule has 0 spiro atoms. The molecule has 0 radical (unpaired) electrons. The van der Waals surface area contributed by atoms with E-state index >= 15 is 0 Å². The average molecular weight is 301 g/mol. The normalized spacial score (nSPS) is 11.9. The summed E-state index contributed by atoms with van der Waals surface area (Å²) in [5.41, 5.74) is 2.14. The van der Waals surface area contributed by atoms with E-state index in [4.69, 9.17) is 28.4 Å². The van der Waals surface area contributed by atoms with Crippen molar-refractivity contribution in [2.75, 3.05) is 0 Å². The van der Waals surface area contributed by atoms with E-state index in [9.17, 15) is 0 Å². The monoisotopic (exact) mass is 300 g/mol. The molecule has 6 heteroatoms. The average Bonchev–Trinajstić information content (AvgIpc) is 2.74. The molecule has 0 aliphatic rings. The van der Waals surface area contributed by atoms with Crippen LogP contribution in [0.15, 0.2) is 23.4 Å². The Morgan fingerprint density at radius 2 is 2.06 bits per heavy atom. The maximum atomic E-state index is 8.89. The van der Waals surface area contributed by atoms with Gasteiger partial charge in [0, 0.05) is 5.56 Å². The van der Waals surface area contributed by atoms with Crippen LogP contribution in [-0.2, 0) is 0 Å². The fraction of sp³-hybridized carbons (Fsp3) is 0.167. The van der Waals surface area contributed by atoms with Gasteiger partial charge in [0.15, 0.2) is 0 Å². The summed E-state index contributed by atoms with van der Waals surface area (Å²) < 4.78 is 0. The Morgan fingerprint density at radius 3 is 2.67 bits per heavy atom. The van der Waals surface area contributed by atoms with Crippen molar-refractivity contribution in [1.82, 2.24) is 4.98 Å². The summed E-state index contributed by atoms with van der Waals surface area (Å²) in [6, 6.07) is 5.33. The van der Waals surface area contributed by atoms with Gasteiger partial charge in [-0.2, -0.15) is 0 Å². The van der Waals surface area contributed by atoms with Gasteiger partial charge < -0.3 is 5.21 Å². The number of aromatic nitrogens is 1. The van der Waals surface area contributed by atoms with Gasteiger partial charge in [-0.1, -0.05) is 34.4 Å². The van der Waals surface area contributed by atoms with Crippen molar-refractivity contribution in [2.45, 2.75) is 13.8 Å². The third kappa shape index (κ3) is 2.51. The van der Waals surface area contributed by atoms with Gasteiger partial charge in [0.2, 0.25) is 0 Å². The maximum absolute atomic E-state index is 8.89. The van der Waals surface area contributed by atoms with E-state index in [0.29, 0.717) is 15.8 Å². The molecule has 0 bridgehead atoms. The number of nitrogens with zero attached hydrogens (tertiary/aromatic N) is 2. The van der Waals surface area contributed by atoms with E-state index in [1.54, 1.807) is 19.1 Å². The van der Waals surface area contributed by atoms with Crippen LogP contribution in [0.25, 0.3) is 11.3 Å². The van der Waals surface area contributed by atoms with Gasteiger partial charge >= 0.3 is 0 Å². The number of aryl methyl sites for hydroxylation is 1. The van der Waals surface area contributed by atoms with Crippen LogP contribution in [0, 0.1) is 6.92 Å². The summed E-state index contributed by atoms with van der Waals surface area (Å²) in [6.45, 7) is 3.63. The van der Waals surface area contributed by atoms with Crippen LogP contribution in [0.2, 0.25) is 10.0 Å². The summed E-state index contributed by atoms with van der Waals surface area (Å²) in [5, 5.41) is 14.0. The van der Waals surface area contributed by atoms with Gasteiger partial charge in [0.1, 0.15) is 0 Å². The molecule has 0 unspecified atom stereocenters. The quantitative estimate of drug-likeness (QED) is 0.499. The lowest BCUT2D eigenvalue weighted by Crippen LogP contribution is -1.94. The van der Waals surface area contributed by atoms with Crippen molar-refractivity contribution in [3.05, 3.63) is 38.1 Å². The molecule has 0 atom stereocenters. The summed E-state index contributed by atoms with van der Waals surface area (Å²) >= 11 is 13.4. The number of halogens is 2. The third-order valence-electron chi connectivity index (χ3n) is 2.41. The highest BCUT2D eigenvalue weighted by atomic mass is 35.5. The largest absolute Gasteiger partial charge is 0.411 e. The topological polar surface area (TPSA) is 45.5 Å². The van der Waals surface area contributed by atoms with E-state index in [2.05, 4.69) is 10.1 Å². The van der Waals surface area contributed by atoms with Crippen molar-refractivity contribution >= 4 is 40.3 Å². The number of hydrogen-bond acceptors (Lipinski definition) is 4. The van der Waals surface area contributed by atoms with Crippen LogP contribution < -0.4 is 0 Å². The molecule has 3 nitrogen and oxygen atoms in total. The first-order valence-corrected chi connectivity index (χ1v) is 6.72. The second-order valence-corrected chi connectivity index (χ2v) is 5.74. The molecule has 0 aliphatic carbocycles. The zero-order chi connectivity index (χ0) is 13.3. The van der Waals surface area contributed by atoms with Crippen LogP contribution in [0.5, 0.6) is 0 Å². The molecule has 1 aromatic carbocycles. The predicted molar refractivity (Wildman–Crippen MR) is 76.3 cm³/mol. The fourth-order valence-electron chi connectivity index (χ4n) is 1.56. The Hall–Kier alpha value is -1.10. The van der Waals surface area contributed by atoms with Gasteiger partial charge in [0.25, 0.3) is 0 Å². The lowest BCUT2D eigenvalue weighted by molar-refractivity contribution is 0.319. The van der Waals surface area contributed by atoms with Gasteiger partial charge in [-0.15, -0.1) is 11.3 Å². The first-order valence-electron chi connectivity index (χ1n) is 5.15. The highest BCUT2D eigenvalue weighted by Gasteiger charge is 2.15. The number of rotatable bonds is 2. The molecule has 0 aliphatic heterocycles. The van der Waals surface area contributed by atoms with Gasteiger partial charge in [-0.05, 0) is 26.0 Å². The van der Waals surface area contributed by atoms with Crippen molar-refractivity contribution in [2.24, 2.45) is 5.16 Å². The smallest absolute Gasteiger partial charge is 0.0959 e. The molecular weight excluding hydrogens is 291 g/mol. The Kier molecular flexibility index (Phi) is 3.90. The molecule has 2 rings (SSSR count). The number of thiazole rings is 1. The predicted octanol–water partition coefficient (Wildman–Crippen LogP) is 4.62. The third-order valence-corrected chi connectivity index (χ3v) is 4.22. The Bertz CT molecular complexity index is 623. The van der Waals surface area contributed by atoms with E-state index in [0.717, 1.165) is 21.1 Å². The minimum Gasteiger partial charge on any atom is -0.411 e. The minimum absolute atomic E-state index is 0.476. The summed E-state index contributed by atoms with van der Waals surface area (Å²) in [6.07, 6.45) is 0. The van der Waals surface area contributed by atoms with Crippen LogP contribution >= 0.6 is 34.5 Å². The van der Waals surface area contributed by atoms with E-state index in [-0.39, 0.29) is 0 Å². The fourth-order valence-corrected chi connectivity index (χ4v) is 2.74. The number of benzene rings is 1. The standard InChI is InChI=1S/C12H10Cl2N2OS/c1-6(16-17)12-11(15-7(2)18-12)8-3-4-9(13)10(14)5-8/h3-5,17H,1-2H3/b16-6+. The molecule has 2 aromatic rings. The Labute approximate surface area is 119 Å². The Morgan fingerprint density at radius 1 is 1.33 bits per heavy atom. The molecule has 0 saturated carbocycles. The molecule has 1 N–H and O–H groups in total. The highest BCUT2D eigenvalue weighted by molar-refractivity contribution is 7.14. The van der Waals surface area contributed by atoms with Crippen molar-refractivity contribution < 1.29 is 5.21 Å². The molecule has 18 heavy (non-hydrogen) atoms. The van der Waals surface area contributed by atoms with Crippen molar-refractivity contribution in [1.29, 1.82) is 0 Å². The SMILES string of the molecule is C/C(=N\O)c1sc(C)nc1-c1ccc(Cl)c(Cl)c1. The maximum Gasteiger partial charge on any atom is 0.0959 e. The second kappa shape index (κ2) is 5.26. The van der Waals surface area contributed by atoms with Gasteiger partial charge in [-0.25, -0.2) is 4.98 Å². The highest BCUT2D eigenvalue weighted by Crippen LogP contribution is 2.32. The van der Waals surface area contributed by atoms with E-state index in [1.165, 1.54) is 11.3 Å². The zero-order valence-corrected chi connectivity index (χ0v) is 12.1. The second-order valence-electron chi connectivity index (χ2n) is 3.72. The molecule has 94 valence electrons. The van der Waals surface area contributed by atoms with Gasteiger partial charge in [0.05, 0.1) is 31.3 Å². The summed E-state index contributed by atoms with van der Waals surface area (Å²) in [5.74, 6) is 0.